The van der Waals surface area contributed by atoms with Crippen molar-refractivity contribution in [2.24, 2.45) is 5.92 Å². The summed E-state index contributed by atoms with van der Waals surface area (Å²) in [6.07, 6.45) is 9.14. The number of likely N-dealkylation sites (N-methyl/N-ethyl adjacent to an activating group) is 2. The molecule has 0 radical (unpaired) electrons. The maximum absolute atomic E-state index is 3.63. The number of nitrogens with one attached hydrogen (secondary N) is 1. The number of hydrogen-bond donors (Lipinski definition) is 1. The number of unbranched alkanes of at least 4 members (excludes halogenated alkanes) is 1. The van der Waals surface area contributed by atoms with Crippen LogP contribution in [0, 0.1) is 5.92 Å². The van der Waals surface area contributed by atoms with Crippen molar-refractivity contribution in [1.82, 2.24) is 10.2 Å². The second-order valence-electron chi connectivity index (χ2n) is 6.20. The SMILES string of the molecule is CCCCC(CC)CC(NC)C(CC)(CC)N(C)C. The molecule has 0 bridgehead atoms. The summed E-state index contributed by atoms with van der Waals surface area (Å²) in [6, 6.07) is 0.597. The molecule has 2 atom stereocenters. The van der Waals surface area contributed by atoms with Crippen molar-refractivity contribution >= 4 is 0 Å². The van der Waals surface area contributed by atoms with Crippen molar-refractivity contribution in [1.29, 1.82) is 0 Å². The van der Waals surface area contributed by atoms with E-state index in [4.69, 9.17) is 0 Å². The molecule has 0 aromatic carbocycles. The van der Waals surface area contributed by atoms with E-state index in [0.717, 1.165) is 5.92 Å². The van der Waals surface area contributed by atoms with Crippen LogP contribution in [0.15, 0.2) is 0 Å². The van der Waals surface area contributed by atoms with Crippen LogP contribution >= 0.6 is 0 Å². The van der Waals surface area contributed by atoms with Gasteiger partial charge in [-0.15, -0.1) is 0 Å². The summed E-state index contributed by atoms with van der Waals surface area (Å²) in [4.78, 5) is 2.45. The summed E-state index contributed by atoms with van der Waals surface area (Å²) in [5, 5.41) is 3.63. The molecule has 0 spiro atoms. The fourth-order valence-electron chi connectivity index (χ4n) is 3.61. The third-order valence-corrected chi connectivity index (χ3v) is 5.22. The molecule has 19 heavy (non-hydrogen) atoms. The van der Waals surface area contributed by atoms with E-state index in [9.17, 15) is 0 Å². The molecule has 0 aliphatic rings. The van der Waals surface area contributed by atoms with E-state index < -0.39 is 0 Å². The Labute approximate surface area is 122 Å². The van der Waals surface area contributed by atoms with Crippen molar-refractivity contribution in [2.45, 2.75) is 84.2 Å². The van der Waals surface area contributed by atoms with Crippen molar-refractivity contribution < 1.29 is 0 Å². The van der Waals surface area contributed by atoms with E-state index in [1.54, 1.807) is 0 Å². The Morgan fingerprint density at radius 1 is 1.05 bits per heavy atom. The van der Waals surface area contributed by atoms with Gasteiger partial charge in [0.25, 0.3) is 0 Å². The maximum atomic E-state index is 3.63. The smallest absolute Gasteiger partial charge is 0.0351 e. The molecule has 0 saturated heterocycles. The highest BCUT2D eigenvalue weighted by Gasteiger charge is 2.37. The zero-order chi connectivity index (χ0) is 14.9. The minimum Gasteiger partial charge on any atom is -0.315 e. The Morgan fingerprint density at radius 2 is 1.63 bits per heavy atom. The second-order valence-corrected chi connectivity index (χ2v) is 6.20. The van der Waals surface area contributed by atoms with Gasteiger partial charge in [-0.25, -0.2) is 0 Å². The van der Waals surface area contributed by atoms with E-state index in [2.05, 4.69) is 59.1 Å². The summed E-state index contributed by atoms with van der Waals surface area (Å²) in [6.45, 7) is 9.31. The molecule has 0 saturated carbocycles. The van der Waals surface area contributed by atoms with Gasteiger partial charge in [-0.3, -0.25) is 0 Å². The zero-order valence-electron chi connectivity index (χ0n) is 14.6. The Kier molecular flexibility index (Phi) is 9.72. The van der Waals surface area contributed by atoms with Gasteiger partial charge in [0, 0.05) is 11.6 Å². The molecule has 0 amide bonds. The van der Waals surface area contributed by atoms with Crippen LogP contribution in [0.25, 0.3) is 0 Å². The fourth-order valence-corrected chi connectivity index (χ4v) is 3.61. The van der Waals surface area contributed by atoms with Gasteiger partial charge < -0.3 is 10.2 Å². The third-order valence-electron chi connectivity index (χ3n) is 5.22. The molecule has 2 unspecified atom stereocenters. The van der Waals surface area contributed by atoms with Gasteiger partial charge in [0.2, 0.25) is 0 Å². The monoisotopic (exact) mass is 270 g/mol. The van der Waals surface area contributed by atoms with E-state index in [0.29, 0.717) is 11.6 Å². The van der Waals surface area contributed by atoms with Crippen LogP contribution in [0.3, 0.4) is 0 Å². The molecule has 0 rings (SSSR count). The normalized spacial score (nSPS) is 15.8. The summed E-state index contributed by atoms with van der Waals surface area (Å²) in [5.41, 5.74) is 0.300. The molecule has 116 valence electrons. The first-order chi connectivity index (χ1) is 9.02. The van der Waals surface area contributed by atoms with Crippen LogP contribution in [-0.2, 0) is 0 Å². The fraction of sp³-hybridized carbons (Fsp3) is 1.00. The highest BCUT2D eigenvalue weighted by molar-refractivity contribution is 4.97. The van der Waals surface area contributed by atoms with Crippen molar-refractivity contribution in [2.75, 3.05) is 21.1 Å². The molecular weight excluding hydrogens is 232 g/mol. The van der Waals surface area contributed by atoms with Gasteiger partial charge in [-0.1, -0.05) is 53.4 Å². The summed E-state index contributed by atoms with van der Waals surface area (Å²) in [5.74, 6) is 0.870. The first-order valence-corrected chi connectivity index (χ1v) is 8.36. The predicted molar refractivity (Wildman–Crippen MR) is 87.8 cm³/mol. The molecule has 2 heteroatoms. The van der Waals surface area contributed by atoms with Gasteiger partial charge in [-0.2, -0.15) is 0 Å². The van der Waals surface area contributed by atoms with Gasteiger partial charge in [0.15, 0.2) is 0 Å². The first-order valence-electron chi connectivity index (χ1n) is 8.36. The van der Waals surface area contributed by atoms with E-state index in [1.165, 1.54) is 44.9 Å². The van der Waals surface area contributed by atoms with E-state index in [1.807, 2.05) is 0 Å². The molecule has 0 aliphatic heterocycles. The molecule has 0 fully saturated rings. The van der Waals surface area contributed by atoms with Gasteiger partial charge in [-0.05, 0) is 46.3 Å². The van der Waals surface area contributed by atoms with Gasteiger partial charge in [0.1, 0.15) is 0 Å². The number of nitrogens with zero attached hydrogens (tertiary/aromatic N) is 1. The third kappa shape index (κ3) is 5.07. The summed E-state index contributed by atoms with van der Waals surface area (Å²) in [7, 11) is 6.62. The molecule has 0 aromatic rings. The molecule has 0 heterocycles. The van der Waals surface area contributed by atoms with Crippen LogP contribution in [0.5, 0.6) is 0 Å². The highest BCUT2D eigenvalue weighted by atomic mass is 15.2. The number of hydrogen-bond acceptors (Lipinski definition) is 2. The minimum absolute atomic E-state index is 0.300. The van der Waals surface area contributed by atoms with Crippen molar-refractivity contribution in [3.63, 3.8) is 0 Å². The van der Waals surface area contributed by atoms with Crippen molar-refractivity contribution in [3.8, 4) is 0 Å². The topological polar surface area (TPSA) is 15.3 Å². The minimum atomic E-state index is 0.300. The highest BCUT2D eigenvalue weighted by Crippen LogP contribution is 2.31. The van der Waals surface area contributed by atoms with Crippen LogP contribution < -0.4 is 5.32 Å². The van der Waals surface area contributed by atoms with Crippen LogP contribution in [0.2, 0.25) is 0 Å². The Bertz CT molecular complexity index is 209. The predicted octanol–water partition coefficient (Wildman–Crippen LogP) is 4.30. The van der Waals surface area contributed by atoms with Gasteiger partial charge in [0.05, 0.1) is 0 Å². The van der Waals surface area contributed by atoms with Crippen LogP contribution in [-0.4, -0.2) is 37.6 Å². The Morgan fingerprint density at radius 3 is 1.95 bits per heavy atom. The average Bonchev–Trinajstić information content (AvgIpc) is 2.42. The summed E-state index contributed by atoms with van der Waals surface area (Å²) >= 11 is 0. The van der Waals surface area contributed by atoms with Crippen LogP contribution in [0.4, 0.5) is 0 Å². The second kappa shape index (κ2) is 9.77. The van der Waals surface area contributed by atoms with E-state index >= 15 is 0 Å². The van der Waals surface area contributed by atoms with Crippen LogP contribution in [0.1, 0.15) is 72.6 Å². The van der Waals surface area contributed by atoms with Gasteiger partial charge >= 0.3 is 0 Å². The molecule has 1 N–H and O–H groups in total. The standard InChI is InChI=1S/C17H38N2/c1-8-12-13-15(9-2)14-16(18-5)17(10-3,11-4)19(6)7/h15-16,18H,8-14H2,1-7H3. The lowest BCUT2D eigenvalue weighted by Gasteiger charge is -2.46. The average molecular weight is 271 g/mol. The number of rotatable bonds is 11. The first kappa shape index (κ1) is 18.9. The quantitative estimate of drug-likeness (QED) is 0.602. The van der Waals surface area contributed by atoms with E-state index in [-0.39, 0.29) is 0 Å². The lowest BCUT2D eigenvalue weighted by atomic mass is 9.77. The summed E-state index contributed by atoms with van der Waals surface area (Å²) < 4.78 is 0. The largest absolute Gasteiger partial charge is 0.315 e. The molecule has 0 aromatic heterocycles. The lowest BCUT2D eigenvalue weighted by molar-refractivity contribution is 0.0779. The maximum Gasteiger partial charge on any atom is 0.0351 e. The zero-order valence-corrected chi connectivity index (χ0v) is 14.6. The molecular formula is C17H38N2. The molecule has 0 aliphatic carbocycles. The molecule has 2 nitrogen and oxygen atoms in total. The van der Waals surface area contributed by atoms with Crippen molar-refractivity contribution in [3.05, 3.63) is 0 Å². The Hall–Kier alpha value is -0.0800. The Balaban J connectivity index is 4.85. The lowest BCUT2D eigenvalue weighted by Crippen LogP contribution is -2.58.